The highest BCUT2D eigenvalue weighted by molar-refractivity contribution is 5.92. The maximum absolute atomic E-state index is 13.0. The molecule has 25 heavy (non-hydrogen) atoms. The summed E-state index contributed by atoms with van der Waals surface area (Å²) >= 11 is 0. The van der Waals surface area contributed by atoms with E-state index in [1.807, 2.05) is 23.2 Å². The molecule has 2 aromatic heterocycles. The first-order valence-electron chi connectivity index (χ1n) is 8.72. The second kappa shape index (κ2) is 6.31. The molecule has 2 aromatic rings. The Hall–Kier alpha value is -2.12. The van der Waals surface area contributed by atoms with Crippen LogP contribution in [0.25, 0.3) is 0 Å². The monoisotopic (exact) mass is 345 g/mol. The van der Waals surface area contributed by atoms with Gasteiger partial charge in [0.2, 0.25) is 0 Å². The van der Waals surface area contributed by atoms with Gasteiger partial charge in [0.05, 0.1) is 24.3 Å². The molecule has 1 aliphatic carbocycles. The van der Waals surface area contributed by atoms with Crippen LogP contribution in [-0.4, -0.2) is 57.1 Å². The Balaban J connectivity index is 1.52. The van der Waals surface area contributed by atoms with E-state index in [4.69, 9.17) is 9.15 Å². The number of likely N-dealkylation sites (tertiary alicyclic amines) is 1. The molecule has 1 saturated heterocycles. The van der Waals surface area contributed by atoms with Gasteiger partial charge in [-0.05, 0) is 43.9 Å². The number of hydrogen-bond acceptors (Lipinski definition) is 5. The number of carbonyl (C=O) groups is 1. The van der Waals surface area contributed by atoms with Crippen LogP contribution in [0.3, 0.4) is 0 Å². The lowest BCUT2D eigenvalue weighted by Crippen LogP contribution is -2.52. The van der Waals surface area contributed by atoms with E-state index in [9.17, 15) is 9.90 Å². The van der Waals surface area contributed by atoms with Crippen molar-refractivity contribution in [1.29, 1.82) is 0 Å². The number of hydrogen-bond donors (Lipinski definition) is 1. The van der Waals surface area contributed by atoms with Gasteiger partial charge in [-0.2, -0.15) is 5.10 Å². The maximum atomic E-state index is 13.0. The fourth-order valence-corrected chi connectivity index (χ4v) is 4.19. The quantitative estimate of drug-likeness (QED) is 0.912. The Morgan fingerprint density at radius 3 is 3.12 bits per heavy atom. The highest BCUT2D eigenvalue weighted by Gasteiger charge is 2.52. The molecule has 3 heterocycles. The first-order chi connectivity index (χ1) is 12.1. The van der Waals surface area contributed by atoms with Crippen molar-refractivity contribution >= 4 is 5.91 Å². The van der Waals surface area contributed by atoms with Gasteiger partial charge in [-0.25, -0.2) is 0 Å². The summed E-state index contributed by atoms with van der Waals surface area (Å²) in [5.74, 6) is 0.881. The zero-order valence-corrected chi connectivity index (χ0v) is 14.3. The normalized spacial score (nSPS) is 29.0. The van der Waals surface area contributed by atoms with Crippen LogP contribution in [-0.2, 0) is 11.3 Å². The lowest BCUT2D eigenvalue weighted by atomic mass is 9.79. The molecule has 7 nitrogen and oxygen atoms in total. The van der Waals surface area contributed by atoms with Crippen LogP contribution in [0.5, 0.6) is 0 Å². The molecular weight excluding hydrogens is 322 g/mol. The number of nitrogens with zero attached hydrogens (tertiary/aromatic N) is 3. The van der Waals surface area contributed by atoms with Gasteiger partial charge in [-0.3, -0.25) is 9.48 Å². The van der Waals surface area contributed by atoms with Crippen molar-refractivity contribution in [2.75, 3.05) is 13.7 Å². The van der Waals surface area contributed by atoms with Crippen molar-refractivity contribution in [1.82, 2.24) is 14.7 Å². The minimum atomic E-state index is -0.381. The fourth-order valence-electron chi connectivity index (χ4n) is 4.19. The van der Waals surface area contributed by atoms with Crippen LogP contribution in [0.1, 0.15) is 42.0 Å². The third-order valence-corrected chi connectivity index (χ3v) is 5.57. The molecule has 7 heteroatoms. The van der Waals surface area contributed by atoms with E-state index in [-0.39, 0.29) is 23.7 Å². The number of rotatable bonds is 4. The molecule has 2 fully saturated rings. The number of furan rings is 1. The summed E-state index contributed by atoms with van der Waals surface area (Å²) in [5, 5.41) is 14.2. The van der Waals surface area contributed by atoms with Gasteiger partial charge < -0.3 is 19.2 Å². The minimum Gasteiger partial charge on any atom is -0.454 e. The summed E-state index contributed by atoms with van der Waals surface area (Å²) in [6.45, 7) is 1.11. The molecule has 0 unspecified atom stereocenters. The van der Waals surface area contributed by atoms with Crippen LogP contribution in [0.2, 0.25) is 0 Å². The molecule has 4 rings (SSSR count). The second-order valence-corrected chi connectivity index (χ2v) is 6.93. The van der Waals surface area contributed by atoms with Gasteiger partial charge >= 0.3 is 0 Å². The Kier molecular flexibility index (Phi) is 4.13. The number of aromatic nitrogens is 2. The smallest absolute Gasteiger partial charge is 0.289 e. The van der Waals surface area contributed by atoms with E-state index in [0.29, 0.717) is 31.0 Å². The zero-order valence-electron chi connectivity index (χ0n) is 14.3. The van der Waals surface area contributed by atoms with Gasteiger partial charge in [0, 0.05) is 26.0 Å². The van der Waals surface area contributed by atoms with Crippen molar-refractivity contribution in [3.63, 3.8) is 0 Å². The predicted octanol–water partition coefficient (Wildman–Crippen LogP) is 1.67. The Morgan fingerprint density at radius 1 is 1.48 bits per heavy atom. The van der Waals surface area contributed by atoms with E-state index >= 15 is 0 Å². The topological polar surface area (TPSA) is 80.7 Å². The van der Waals surface area contributed by atoms with Crippen molar-refractivity contribution < 1.29 is 19.1 Å². The third kappa shape index (κ3) is 2.87. The summed E-state index contributed by atoms with van der Waals surface area (Å²) in [6, 6.07) is 5.27. The lowest BCUT2D eigenvalue weighted by molar-refractivity contribution is -0.0826. The van der Waals surface area contributed by atoms with Crippen LogP contribution in [0, 0.1) is 0 Å². The predicted molar refractivity (Wildman–Crippen MR) is 89.1 cm³/mol. The van der Waals surface area contributed by atoms with Crippen LogP contribution in [0.15, 0.2) is 35.0 Å². The summed E-state index contributed by atoms with van der Waals surface area (Å²) < 4.78 is 13.3. The molecule has 1 saturated carbocycles. The summed E-state index contributed by atoms with van der Waals surface area (Å²) in [5.41, 5.74) is -0.334. The van der Waals surface area contributed by atoms with Crippen molar-refractivity contribution in [3.05, 3.63) is 42.1 Å². The van der Waals surface area contributed by atoms with Crippen molar-refractivity contribution in [3.8, 4) is 0 Å². The molecule has 0 spiro atoms. The fraction of sp³-hybridized carbons (Fsp3) is 0.556. The molecule has 1 N–H and O–H groups in total. The lowest BCUT2D eigenvalue weighted by Gasteiger charge is -2.42. The molecule has 0 aromatic carbocycles. The number of aliphatic hydroxyl groups is 1. The van der Waals surface area contributed by atoms with E-state index in [0.717, 1.165) is 19.3 Å². The van der Waals surface area contributed by atoms with Gasteiger partial charge in [0.15, 0.2) is 5.76 Å². The standard InChI is InChI=1S/C18H23N3O4/c1-24-18-6-5-13(22)11-16(18)21(10-7-18)17(23)15-4-3-14(25-15)12-20-9-2-8-19-20/h2-4,8-9,13,16,22H,5-7,10-12H2,1H3/t13-,16+,18-/m1/s1. The number of fused-ring (bicyclic) bond motifs is 1. The van der Waals surface area contributed by atoms with Crippen molar-refractivity contribution in [2.24, 2.45) is 0 Å². The van der Waals surface area contributed by atoms with Crippen molar-refractivity contribution in [2.45, 2.75) is 50.0 Å². The number of amides is 1. The molecule has 0 bridgehead atoms. The maximum Gasteiger partial charge on any atom is 0.289 e. The first kappa shape index (κ1) is 16.4. The molecular formula is C18H23N3O4. The van der Waals surface area contributed by atoms with E-state index in [1.165, 1.54) is 0 Å². The average Bonchev–Trinajstić information content (AvgIpc) is 3.34. The highest BCUT2D eigenvalue weighted by Crippen LogP contribution is 2.43. The second-order valence-electron chi connectivity index (χ2n) is 6.93. The summed E-state index contributed by atoms with van der Waals surface area (Å²) in [4.78, 5) is 14.8. The number of aliphatic hydroxyl groups excluding tert-OH is 1. The van der Waals surface area contributed by atoms with Gasteiger partial charge in [-0.15, -0.1) is 0 Å². The molecule has 1 aliphatic heterocycles. The van der Waals surface area contributed by atoms with Crippen LogP contribution in [0.4, 0.5) is 0 Å². The molecule has 2 aliphatic rings. The summed E-state index contributed by atoms with van der Waals surface area (Å²) in [6.07, 6.45) is 6.03. The highest BCUT2D eigenvalue weighted by atomic mass is 16.5. The van der Waals surface area contributed by atoms with E-state index < -0.39 is 0 Å². The van der Waals surface area contributed by atoms with E-state index in [1.54, 1.807) is 24.1 Å². The van der Waals surface area contributed by atoms with Crippen LogP contribution >= 0.6 is 0 Å². The Labute approximate surface area is 146 Å². The van der Waals surface area contributed by atoms with E-state index in [2.05, 4.69) is 5.10 Å². The molecule has 134 valence electrons. The van der Waals surface area contributed by atoms with Gasteiger partial charge in [-0.1, -0.05) is 0 Å². The molecule has 1 amide bonds. The van der Waals surface area contributed by atoms with Gasteiger partial charge in [0.1, 0.15) is 5.76 Å². The Morgan fingerprint density at radius 2 is 2.36 bits per heavy atom. The van der Waals surface area contributed by atoms with Crippen LogP contribution < -0.4 is 0 Å². The third-order valence-electron chi connectivity index (χ3n) is 5.57. The molecule has 0 radical (unpaired) electrons. The number of carbonyl (C=O) groups excluding carboxylic acids is 1. The van der Waals surface area contributed by atoms with Gasteiger partial charge in [0.25, 0.3) is 5.91 Å². The number of ether oxygens (including phenoxy) is 1. The molecule has 3 atom stereocenters. The SMILES string of the molecule is CO[C@@]12CC[C@@H](O)C[C@@H]1N(C(=O)c1ccc(Cn3cccn3)o1)CC2. The first-order valence-corrected chi connectivity index (χ1v) is 8.72. The Bertz CT molecular complexity index is 741. The average molecular weight is 345 g/mol. The summed E-state index contributed by atoms with van der Waals surface area (Å²) in [7, 11) is 1.70. The minimum absolute atomic E-state index is 0.103. The zero-order chi connectivity index (χ0) is 17.4. The largest absolute Gasteiger partial charge is 0.454 e. The number of methoxy groups -OCH3 is 1.